The molecule has 1 aromatic carbocycles. The predicted octanol–water partition coefficient (Wildman–Crippen LogP) is 4.76. The van der Waals surface area contributed by atoms with Crippen LogP contribution in [0.1, 0.15) is 40.9 Å². The maximum atomic E-state index is 13.9. The van der Waals surface area contributed by atoms with Gasteiger partial charge in [0.1, 0.15) is 18.5 Å². The minimum atomic E-state index is -2.45. The van der Waals surface area contributed by atoms with Gasteiger partial charge in [0.05, 0.1) is 41.3 Å². The zero-order valence-corrected chi connectivity index (χ0v) is 23.4. The molecule has 0 radical (unpaired) electrons. The number of amides is 1. The van der Waals surface area contributed by atoms with E-state index in [2.05, 4.69) is 20.6 Å². The summed E-state index contributed by atoms with van der Waals surface area (Å²) < 4.78 is 21.4. The predicted molar refractivity (Wildman–Crippen MR) is 155 cm³/mol. The average Bonchev–Trinajstić information content (AvgIpc) is 3.67. The Morgan fingerprint density at radius 3 is 2.75 bits per heavy atom. The lowest BCUT2D eigenvalue weighted by Crippen LogP contribution is -2.24. The molecule has 2 aliphatic rings. The third kappa shape index (κ3) is 4.10. The lowest BCUT2D eigenvalue weighted by atomic mass is 9.99. The number of carbonyl (C=O) groups is 1. The van der Waals surface area contributed by atoms with Crippen LogP contribution in [0, 0.1) is 0 Å². The van der Waals surface area contributed by atoms with Gasteiger partial charge in [0.15, 0.2) is 5.65 Å². The minimum absolute atomic E-state index is 0.139. The van der Waals surface area contributed by atoms with E-state index < -0.39 is 7.14 Å². The molecule has 2 aliphatic heterocycles. The number of carbonyl (C=O) groups excluding carboxylic acids is 1. The zero-order valence-electron chi connectivity index (χ0n) is 22.5. The van der Waals surface area contributed by atoms with Crippen LogP contribution in [0.3, 0.4) is 0 Å². The molecule has 204 valence electrons. The number of nitrogens with zero attached hydrogens (tertiary/aromatic N) is 5. The lowest BCUT2D eigenvalue weighted by Gasteiger charge is -2.26. The molecular formula is C29H30N7O3P. The van der Waals surface area contributed by atoms with Gasteiger partial charge in [-0.3, -0.25) is 9.20 Å². The van der Waals surface area contributed by atoms with E-state index in [0.29, 0.717) is 41.5 Å². The molecule has 0 atom stereocenters. The fourth-order valence-electron chi connectivity index (χ4n) is 6.02. The quantitative estimate of drug-likeness (QED) is 0.288. The SMILES string of the molecule is CN(C)Cc1nc(Nc2ccc(-c3cnc4cnc5occc5n34)c3c2C(=O)NC3)ccc1P1(=O)CCCCC1. The first-order chi connectivity index (χ1) is 19.4. The van der Waals surface area contributed by atoms with Crippen LogP contribution in [0.15, 0.2) is 53.4 Å². The third-order valence-corrected chi connectivity index (χ3v) is 11.2. The van der Waals surface area contributed by atoms with E-state index in [0.717, 1.165) is 64.9 Å². The highest BCUT2D eigenvalue weighted by Crippen LogP contribution is 2.50. The fraction of sp³-hybridized carbons (Fsp3) is 0.310. The molecule has 0 spiro atoms. The fourth-order valence-corrected chi connectivity index (χ4v) is 9.13. The summed E-state index contributed by atoms with van der Waals surface area (Å²) in [4.78, 5) is 28.9. The van der Waals surface area contributed by atoms with Crippen molar-refractivity contribution in [3.8, 4) is 11.3 Å². The standard InChI is InChI=1S/C29H30N7O3P/c1-35(2)17-21-24(40(38)12-4-3-5-13-40)8-9-25(34-21)33-20-7-6-18(19-14-31-28(37)27(19)20)23-15-30-26-16-32-29-22(36(23)26)10-11-39-29/h6-11,15-16H,3-5,12-14,17H2,1-2H3,(H,31,37)(H,33,34). The second-order valence-corrected chi connectivity index (χ2v) is 14.0. The van der Waals surface area contributed by atoms with E-state index >= 15 is 0 Å². The molecule has 10 nitrogen and oxygen atoms in total. The van der Waals surface area contributed by atoms with Gasteiger partial charge in [-0.1, -0.05) is 12.5 Å². The number of rotatable bonds is 6. The van der Waals surface area contributed by atoms with Gasteiger partial charge in [0.2, 0.25) is 5.71 Å². The molecule has 11 heteroatoms. The largest absolute Gasteiger partial charge is 0.445 e. The Hall–Kier alpha value is -4.01. The van der Waals surface area contributed by atoms with Crippen molar-refractivity contribution >= 4 is 46.7 Å². The Balaban J connectivity index is 1.29. The number of hydrogen-bond acceptors (Lipinski definition) is 8. The van der Waals surface area contributed by atoms with Gasteiger partial charge in [-0.15, -0.1) is 0 Å². The number of nitrogens with one attached hydrogen (secondary N) is 2. The summed E-state index contributed by atoms with van der Waals surface area (Å²) in [5, 5.41) is 7.28. The number of aromatic nitrogens is 4. The number of fused-ring (bicyclic) bond motifs is 4. The number of imidazole rings is 1. The normalized spacial score (nSPS) is 16.5. The summed E-state index contributed by atoms with van der Waals surface area (Å²) in [6.07, 6.45) is 9.73. The Morgan fingerprint density at radius 1 is 1.07 bits per heavy atom. The summed E-state index contributed by atoms with van der Waals surface area (Å²) in [6.45, 7) is 1.01. The van der Waals surface area contributed by atoms with Gasteiger partial charge in [0.25, 0.3) is 5.91 Å². The van der Waals surface area contributed by atoms with Crippen LogP contribution in [-0.4, -0.2) is 56.6 Å². The van der Waals surface area contributed by atoms with Crippen LogP contribution < -0.4 is 15.9 Å². The van der Waals surface area contributed by atoms with Crippen molar-refractivity contribution in [1.29, 1.82) is 0 Å². The Morgan fingerprint density at radius 2 is 1.93 bits per heavy atom. The smallest absolute Gasteiger partial charge is 0.254 e. The Labute approximate surface area is 231 Å². The van der Waals surface area contributed by atoms with E-state index in [1.54, 1.807) is 18.7 Å². The number of hydrogen-bond donors (Lipinski definition) is 2. The molecule has 0 unspecified atom stereocenters. The number of furan rings is 1. The van der Waals surface area contributed by atoms with Crippen LogP contribution in [0.5, 0.6) is 0 Å². The molecule has 7 rings (SSSR count). The van der Waals surface area contributed by atoms with E-state index in [1.807, 2.05) is 53.7 Å². The van der Waals surface area contributed by atoms with Crippen molar-refractivity contribution in [2.75, 3.05) is 31.7 Å². The second kappa shape index (κ2) is 9.57. The maximum absolute atomic E-state index is 13.9. The highest BCUT2D eigenvalue weighted by molar-refractivity contribution is 7.71. The number of anilines is 2. The average molecular weight is 556 g/mol. The summed E-state index contributed by atoms with van der Waals surface area (Å²) in [7, 11) is 1.53. The van der Waals surface area contributed by atoms with E-state index in [-0.39, 0.29) is 5.91 Å². The van der Waals surface area contributed by atoms with Gasteiger partial charge in [0, 0.05) is 42.3 Å². The molecule has 40 heavy (non-hydrogen) atoms. The molecule has 2 N–H and O–H groups in total. The van der Waals surface area contributed by atoms with Crippen molar-refractivity contribution in [1.82, 2.24) is 29.6 Å². The third-order valence-electron chi connectivity index (χ3n) is 7.85. The summed E-state index contributed by atoms with van der Waals surface area (Å²) >= 11 is 0. The Kier molecular flexibility index (Phi) is 5.98. The summed E-state index contributed by atoms with van der Waals surface area (Å²) in [5.41, 5.74) is 6.80. The van der Waals surface area contributed by atoms with Crippen molar-refractivity contribution in [3.05, 3.63) is 65.8 Å². The monoisotopic (exact) mass is 555 g/mol. The first kappa shape index (κ1) is 25.0. The molecular weight excluding hydrogens is 525 g/mol. The van der Waals surface area contributed by atoms with Gasteiger partial charge >= 0.3 is 0 Å². The second-order valence-electron chi connectivity index (χ2n) is 10.8. The van der Waals surface area contributed by atoms with Crippen LogP contribution >= 0.6 is 7.14 Å². The molecule has 1 saturated heterocycles. The lowest BCUT2D eigenvalue weighted by molar-refractivity contribution is 0.0966. The molecule has 4 aromatic heterocycles. The minimum Gasteiger partial charge on any atom is -0.445 e. The van der Waals surface area contributed by atoms with Gasteiger partial charge in [-0.05, 0) is 50.7 Å². The number of pyridine rings is 1. The summed E-state index contributed by atoms with van der Waals surface area (Å²) in [5.74, 6) is 0.486. The first-order valence-corrected chi connectivity index (χ1v) is 15.6. The van der Waals surface area contributed by atoms with Crippen LogP contribution in [0.4, 0.5) is 11.5 Å². The van der Waals surface area contributed by atoms with Crippen LogP contribution in [0.25, 0.3) is 28.1 Å². The molecule has 5 aromatic rings. The van der Waals surface area contributed by atoms with Crippen molar-refractivity contribution < 1.29 is 13.8 Å². The number of benzene rings is 1. The van der Waals surface area contributed by atoms with Crippen molar-refractivity contribution in [2.45, 2.75) is 32.4 Å². The molecule has 1 amide bonds. The van der Waals surface area contributed by atoms with Gasteiger partial charge in [-0.2, -0.15) is 0 Å². The van der Waals surface area contributed by atoms with Gasteiger partial charge < -0.3 is 24.5 Å². The summed E-state index contributed by atoms with van der Waals surface area (Å²) in [6, 6.07) is 9.66. The highest BCUT2D eigenvalue weighted by atomic mass is 31.2. The van der Waals surface area contributed by atoms with Gasteiger partial charge in [-0.25, -0.2) is 15.0 Å². The molecule has 1 fully saturated rings. The van der Waals surface area contributed by atoms with Crippen LogP contribution in [-0.2, 0) is 17.7 Å². The zero-order chi connectivity index (χ0) is 27.4. The maximum Gasteiger partial charge on any atom is 0.254 e. The topological polar surface area (TPSA) is 118 Å². The molecule has 0 aliphatic carbocycles. The molecule has 6 heterocycles. The first-order valence-electron chi connectivity index (χ1n) is 13.6. The Bertz CT molecular complexity index is 1830. The van der Waals surface area contributed by atoms with Crippen molar-refractivity contribution in [2.24, 2.45) is 0 Å². The van der Waals surface area contributed by atoms with Crippen LogP contribution in [0.2, 0.25) is 0 Å². The van der Waals surface area contributed by atoms with E-state index in [4.69, 9.17) is 9.40 Å². The van der Waals surface area contributed by atoms with E-state index in [1.165, 1.54) is 0 Å². The molecule has 0 saturated carbocycles. The van der Waals surface area contributed by atoms with E-state index in [9.17, 15) is 9.36 Å². The molecule has 0 bridgehead atoms. The highest BCUT2D eigenvalue weighted by Gasteiger charge is 2.31. The van der Waals surface area contributed by atoms with Crippen molar-refractivity contribution in [3.63, 3.8) is 0 Å².